The number of hydrogen-bond donors (Lipinski definition) is 1. The Balaban J connectivity index is 2.01. The van der Waals surface area contributed by atoms with E-state index >= 15 is 0 Å². The molecule has 0 saturated carbocycles. The van der Waals surface area contributed by atoms with Gasteiger partial charge in [-0.25, -0.2) is 0 Å². The topological polar surface area (TPSA) is 68.5 Å². The van der Waals surface area contributed by atoms with E-state index in [1.165, 1.54) is 6.33 Å². The molecule has 0 aromatic carbocycles. The highest BCUT2D eigenvalue weighted by Gasteiger charge is 2.35. The summed E-state index contributed by atoms with van der Waals surface area (Å²) >= 11 is 0.452. The molecule has 0 saturated heterocycles. The summed E-state index contributed by atoms with van der Waals surface area (Å²) in [5, 5.41) is 15.7. The number of anilines is 1. The van der Waals surface area contributed by atoms with E-state index in [1.807, 2.05) is 0 Å². The summed E-state index contributed by atoms with van der Waals surface area (Å²) in [6, 6.07) is 0. The van der Waals surface area contributed by atoms with Crippen LogP contribution in [-0.2, 0) is 19.8 Å². The lowest BCUT2D eigenvalue weighted by Gasteiger charge is -2.00. The second kappa shape index (κ2) is 4.28. The van der Waals surface area contributed by atoms with Gasteiger partial charge < -0.3 is 9.88 Å². The lowest BCUT2D eigenvalue weighted by molar-refractivity contribution is -0.138. The van der Waals surface area contributed by atoms with Crippen molar-refractivity contribution < 1.29 is 13.2 Å². The molecular weight excluding hydrogens is 257 g/mol. The van der Waals surface area contributed by atoms with E-state index in [4.69, 9.17) is 0 Å². The summed E-state index contributed by atoms with van der Waals surface area (Å²) < 4.78 is 38.3. The van der Waals surface area contributed by atoms with E-state index in [1.54, 1.807) is 11.6 Å². The summed E-state index contributed by atoms with van der Waals surface area (Å²) in [6.07, 6.45) is -2.96. The summed E-state index contributed by atoms with van der Waals surface area (Å²) in [5.41, 5.74) is 0. The van der Waals surface area contributed by atoms with Crippen molar-refractivity contribution in [3.63, 3.8) is 0 Å². The van der Waals surface area contributed by atoms with E-state index in [0.29, 0.717) is 17.2 Å². The van der Waals surface area contributed by atoms with Crippen molar-refractivity contribution in [2.45, 2.75) is 12.7 Å². The van der Waals surface area contributed by atoms with Gasteiger partial charge in [-0.3, -0.25) is 0 Å². The summed E-state index contributed by atoms with van der Waals surface area (Å²) in [7, 11) is 1.73. The Morgan fingerprint density at radius 1 is 1.35 bits per heavy atom. The predicted octanol–water partition coefficient (Wildman–Crippen LogP) is 1.30. The van der Waals surface area contributed by atoms with Crippen LogP contribution in [0, 0.1) is 0 Å². The van der Waals surface area contributed by atoms with Crippen molar-refractivity contribution in [1.29, 1.82) is 0 Å². The number of halogens is 3. The van der Waals surface area contributed by atoms with Crippen molar-refractivity contribution in [1.82, 2.24) is 25.0 Å². The quantitative estimate of drug-likeness (QED) is 0.904. The van der Waals surface area contributed by atoms with E-state index < -0.39 is 11.2 Å². The van der Waals surface area contributed by atoms with Crippen LogP contribution in [0.3, 0.4) is 0 Å². The summed E-state index contributed by atoms with van der Waals surface area (Å²) in [4.78, 5) is 0. The van der Waals surface area contributed by atoms with Crippen LogP contribution in [0.15, 0.2) is 6.33 Å². The zero-order valence-corrected chi connectivity index (χ0v) is 9.38. The smallest absolute Gasteiger partial charge is 0.353 e. The van der Waals surface area contributed by atoms with Crippen molar-refractivity contribution in [3.8, 4) is 0 Å². The molecule has 0 amide bonds. The molecule has 0 radical (unpaired) electrons. The van der Waals surface area contributed by atoms with Gasteiger partial charge in [0.25, 0.3) is 0 Å². The SMILES string of the molecule is Cn1cnnc1CNc1nnc(C(F)(F)F)s1. The molecule has 0 aliphatic heterocycles. The molecule has 17 heavy (non-hydrogen) atoms. The van der Waals surface area contributed by atoms with Gasteiger partial charge >= 0.3 is 6.18 Å². The molecule has 2 aromatic rings. The maximum Gasteiger partial charge on any atom is 0.445 e. The Hall–Kier alpha value is -1.71. The first-order valence-corrected chi connectivity index (χ1v) is 5.26. The van der Waals surface area contributed by atoms with Crippen LogP contribution in [0.2, 0.25) is 0 Å². The maximum absolute atomic E-state index is 12.2. The van der Waals surface area contributed by atoms with E-state index in [0.717, 1.165) is 0 Å². The molecule has 0 bridgehead atoms. The van der Waals surface area contributed by atoms with Crippen molar-refractivity contribution in [3.05, 3.63) is 17.2 Å². The Kier molecular flexibility index (Phi) is 2.96. The number of rotatable bonds is 3. The largest absolute Gasteiger partial charge is 0.445 e. The van der Waals surface area contributed by atoms with Gasteiger partial charge in [0.05, 0.1) is 6.54 Å². The highest BCUT2D eigenvalue weighted by Crippen LogP contribution is 2.32. The van der Waals surface area contributed by atoms with Gasteiger partial charge in [-0.15, -0.1) is 20.4 Å². The third kappa shape index (κ3) is 2.70. The second-order valence-corrected chi connectivity index (χ2v) is 4.10. The molecule has 2 heterocycles. The molecule has 0 atom stereocenters. The van der Waals surface area contributed by atoms with Crippen LogP contribution in [0.4, 0.5) is 18.3 Å². The third-order valence-electron chi connectivity index (χ3n) is 1.87. The molecule has 1 N–H and O–H groups in total. The van der Waals surface area contributed by atoms with Crippen LogP contribution in [0.25, 0.3) is 0 Å². The minimum atomic E-state index is -4.46. The zero-order valence-electron chi connectivity index (χ0n) is 8.56. The Bertz CT molecular complexity index is 504. The Morgan fingerprint density at radius 3 is 2.65 bits per heavy atom. The lowest BCUT2D eigenvalue weighted by Crippen LogP contribution is -2.05. The number of alkyl halides is 3. The van der Waals surface area contributed by atoms with Crippen LogP contribution in [0.1, 0.15) is 10.8 Å². The number of hydrogen-bond acceptors (Lipinski definition) is 6. The van der Waals surface area contributed by atoms with Gasteiger partial charge in [-0.1, -0.05) is 11.3 Å². The normalized spacial score (nSPS) is 11.8. The van der Waals surface area contributed by atoms with Crippen molar-refractivity contribution >= 4 is 16.5 Å². The van der Waals surface area contributed by atoms with Crippen LogP contribution in [0.5, 0.6) is 0 Å². The highest BCUT2D eigenvalue weighted by atomic mass is 32.1. The maximum atomic E-state index is 12.2. The molecule has 10 heteroatoms. The molecule has 2 rings (SSSR count). The number of nitrogens with zero attached hydrogens (tertiary/aromatic N) is 5. The van der Waals surface area contributed by atoms with E-state index in [-0.39, 0.29) is 11.7 Å². The number of nitrogens with one attached hydrogen (secondary N) is 1. The predicted molar refractivity (Wildman–Crippen MR) is 53.2 cm³/mol. The minimum absolute atomic E-state index is 0.0975. The Morgan fingerprint density at radius 2 is 2.12 bits per heavy atom. The molecule has 0 aliphatic rings. The molecule has 92 valence electrons. The third-order valence-corrected chi connectivity index (χ3v) is 2.80. The van der Waals surface area contributed by atoms with Gasteiger partial charge in [0, 0.05) is 7.05 Å². The fourth-order valence-electron chi connectivity index (χ4n) is 1.03. The molecular formula is C7H7F3N6S. The van der Waals surface area contributed by atoms with Crippen molar-refractivity contribution in [2.75, 3.05) is 5.32 Å². The average molecular weight is 264 g/mol. The molecule has 0 unspecified atom stereocenters. The molecule has 6 nitrogen and oxygen atoms in total. The first-order chi connectivity index (χ1) is 7.97. The standard InChI is InChI=1S/C7H7F3N6S/c1-16-3-12-13-4(16)2-11-6-15-14-5(17-6)7(8,9)10/h3H,2H2,1H3,(H,11,15). The Labute approximate surface area is 97.5 Å². The molecule has 0 spiro atoms. The van der Waals surface area contributed by atoms with Gasteiger partial charge in [0.1, 0.15) is 6.33 Å². The van der Waals surface area contributed by atoms with E-state index in [9.17, 15) is 13.2 Å². The lowest BCUT2D eigenvalue weighted by atomic mass is 10.6. The fraction of sp³-hybridized carbons (Fsp3) is 0.429. The van der Waals surface area contributed by atoms with Crippen LogP contribution < -0.4 is 5.32 Å². The van der Waals surface area contributed by atoms with Gasteiger partial charge in [0.2, 0.25) is 10.1 Å². The van der Waals surface area contributed by atoms with Gasteiger partial charge in [-0.2, -0.15) is 13.2 Å². The summed E-state index contributed by atoms with van der Waals surface area (Å²) in [6.45, 7) is 0.239. The van der Waals surface area contributed by atoms with Gasteiger partial charge in [-0.05, 0) is 0 Å². The fourth-order valence-corrected chi connectivity index (χ4v) is 1.64. The van der Waals surface area contributed by atoms with Crippen LogP contribution >= 0.6 is 11.3 Å². The highest BCUT2D eigenvalue weighted by molar-refractivity contribution is 7.15. The van der Waals surface area contributed by atoms with E-state index in [2.05, 4.69) is 25.7 Å². The average Bonchev–Trinajstić information content (AvgIpc) is 2.82. The summed E-state index contributed by atoms with van der Waals surface area (Å²) in [5.74, 6) is 0.591. The molecule has 0 aliphatic carbocycles. The molecule has 2 aromatic heterocycles. The zero-order chi connectivity index (χ0) is 12.5. The number of aromatic nitrogens is 5. The van der Waals surface area contributed by atoms with Gasteiger partial charge in [0.15, 0.2) is 5.82 Å². The first kappa shape index (κ1) is 11.8. The minimum Gasteiger partial charge on any atom is -0.353 e. The second-order valence-electron chi connectivity index (χ2n) is 3.12. The first-order valence-electron chi connectivity index (χ1n) is 4.44. The number of aryl methyl sites for hydroxylation is 1. The molecule has 0 fully saturated rings. The van der Waals surface area contributed by atoms with Crippen molar-refractivity contribution in [2.24, 2.45) is 7.05 Å². The monoisotopic (exact) mass is 264 g/mol. The van der Waals surface area contributed by atoms with Crippen LogP contribution in [-0.4, -0.2) is 25.0 Å².